The Balaban J connectivity index is 2.85. The molecule has 0 spiro atoms. The van der Waals surface area contributed by atoms with Gasteiger partial charge in [-0.15, -0.1) is 0 Å². The van der Waals surface area contributed by atoms with E-state index in [4.69, 9.17) is 5.26 Å². The van der Waals surface area contributed by atoms with Gasteiger partial charge >= 0.3 is 0 Å². The molecule has 0 saturated heterocycles. The summed E-state index contributed by atoms with van der Waals surface area (Å²) in [5, 5.41) is 11.5. The van der Waals surface area contributed by atoms with Crippen molar-refractivity contribution in [3.8, 4) is 6.07 Å². The van der Waals surface area contributed by atoms with Crippen molar-refractivity contribution in [2.45, 2.75) is 6.92 Å². The molecule has 1 rings (SSSR count). The van der Waals surface area contributed by atoms with Crippen molar-refractivity contribution in [2.75, 3.05) is 11.9 Å². The molecule has 0 fully saturated rings. The molecule has 0 radical (unpaired) electrons. The Bertz CT molecular complexity index is 275. The van der Waals surface area contributed by atoms with Crippen molar-refractivity contribution >= 4 is 5.82 Å². The Morgan fingerprint density at radius 3 is 3.09 bits per heavy atom. The van der Waals surface area contributed by atoms with Crippen molar-refractivity contribution in [3.63, 3.8) is 0 Å². The van der Waals surface area contributed by atoms with Crippen LogP contribution >= 0.6 is 0 Å². The first-order valence-corrected chi connectivity index (χ1v) is 3.48. The summed E-state index contributed by atoms with van der Waals surface area (Å²) < 4.78 is 0. The molecule has 1 aromatic rings. The molecule has 0 bridgehead atoms. The van der Waals surface area contributed by atoms with Gasteiger partial charge in [-0.1, -0.05) is 6.07 Å². The number of nitrogens with one attached hydrogen (secondary N) is 1. The van der Waals surface area contributed by atoms with Gasteiger partial charge in [-0.3, -0.25) is 0 Å². The zero-order chi connectivity index (χ0) is 8.10. The maximum atomic E-state index is 8.49. The molecule has 0 aliphatic rings. The number of nitrogens with zero attached hydrogens (tertiary/aromatic N) is 2. The highest BCUT2D eigenvalue weighted by molar-refractivity contribution is 5.37. The average molecular weight is 147 g/mol. The van der Waals surface area contributed by atoms with E-state index in [-0.39, 0.29) is 0 Å². The first kappa shape index (κ1) is 7.55. The monoisotopic (exact) mass is 147 g/mol. The number of anilines is 1. The molecule has 0 saturated carbocycles. The number of rotatable bonds is 2. The van der Waals surface area contributed by atoms with E-state index < -0.39 is 0 Å². The van der Waals surface area contributed by atoms with E-state index in [1.54, 1.807) is 6.07 Å². The number of hydrogen-bond donors (Lipinski definition) is 1. The van der Waals surface area contributed by atoms with Gasteiger partial charge in [0.1, 0.15) is 17.6 Å². The van der Waals surface area contributed by atoms with Gasteiger partial charge in [0, 0.05) is 6.54 Å². The van der Waals surface area contributed by atoms with Crippen LogP contribution in [0.1, 0.15) is 12.6 Å². The third-order valence-electron chi connectivity index (χ3n) is 1.22. The highest BCUT2D eigenvalue weighted by Crippen LogP contribution is 2.02. The fourth-order valence-electron chi connectivity index (χ4n) is 0.777. The van der Waals surface area contributed by atoms with E-state index in [2.05, 4.69) is 10.3 Å². The van der Waals surface area contributed by atoms with Gasteiger partial charge in [-0.05, 0) is 19.1 Å². The van der Waals surface area contributed by atoms with Crippen molar-refractivity contribution in [1.29, 1.82) is 5.26 Å². The number of nitriles is 1. The second-order valence-corrected chi connectivity index (χ2v) is 2.05. The lowest BCUT2D eigenvalue weighted by atomic mass is 10.3. The normalized spacial score (nSPS) is 8.73. The van der Waals surface area contributed by atoms with Crippen molar-refractivity contribution in [2.24, 2.45) is 0 Å². The summed E-state index contributed by atoms with van der Waals surface area (Å²) in [6, 6.07) is 7.30. The van der Waals surface area contributed by atoms with Crippen LogP contribution in [-0.4, -0.2) is 11.5 Å². The standard InChI is InChI=1S/C8H9N3/c1-2-10-8-5-3-4-7(6-9)11-8/h3-5H,2H2,1H3,(H,10,11). The molecule has 0 aliphatic carbocycles. The van der Waals surface area contributed by atoms with Gasteiger partial charge < -0.3 is 5.32 Å². The highest BCUT2D eigenvalue weighted by atomic mass is 15.0. The van der Waals surface area contributed by atoms with Crippen LogP contribution < -0.4 is 5.32 Å². The molecule has 0 amide bonds. The van der Waals surface area contributed by atoms with Crippen LogP contribution in [0.2, 0.25) is 0 Å². The van der Waals surface area contributed by atoms with Gasteiger partial charge in [-0.25, -0.2) is 4.98 Å². The summed E-state index contributed by atoms with van der Waals surface area (Å²) in [6.07, 6.45) is 0. The van der Waals surface area contributed by atoms with Gasteiger partial charge in [0.2, 0.25) is 0 Å². The zero-order valence-corrected chi connectivity index (χ0v) is 6.33. The van der Waals surface area contributed by atoms with E-state index in [1.165, 1.54) is 0 Å². The average Bonchev–Trinajstić information content (AvgIpc) is 2.06. The fourth-order valence-corrected chi connectivity index (χ4v) is 0.777. The number of pyridine rings is 1. The first-order valence-electron chi connectivity index (χ1n) is 3.48. The van der Waals surface area contributed by atoms with Crippen LogP contribution in [0.3, 0.4) is 0 Å². The van der Waals surface area contributed by atoms with E-state index in [9.17, 15) is 0 Å². The molecular formula is C8H9N3. The van der Waals surface area contributed by atoms with Crippen molar-refractivity contribution < 1.29 is 0 Å². The van der Waals surface area contributed by atoms with Gasteiger partial charge in [0.05, 0.1) is 0 Å². The van der Waals surface area contributed by atoms with Crippen molar-refractivity contribution in [1.82, 2.24) is 4.98 Å². The minimum Gasteiger partial charge on any atom is -0.370 e. The SMILES string of the molecule is CCNc1cccc(C#N)n1. The lowest BCUT2D eigenvalue weighted by molar-refractivity contribution is 1.15. The maximum Gasteiger partial charge on any atom is 0.142 e. The molecule has 1 heterocycles. The zero-order valence-electron chi connectivity index (χ0n) is 6.33. The molecule has 0 unspecified atom stereocenters. The predicted octanol–water partition coefficient (Wildman–Crippen LogP) is 1.39. The summed E-state index contributed by atoms with van der Waals surface area (Å²) in [5.74, 6) is 0.756. The second-order valence-electron chi connectivity index (χ2n) is 2.05. The quantitative estimate of drug-likeness (QED) is 0.687. The third kappa shape index (κ3) is 1.94. The predicted molar refractivity (Wildman–Crippen MR) is 43.1 cm³/mol. The second kappa shape index (κ2) is 3.57. The molecule has 1 N–H and O–H groups in total. The van der Waals surface area contributed by atoms with E-state index in [1.807, 2.05) is 25.1 Å². The molecule has 56 valence electrons. The molecular weight excluding hydrogens is 138 g/mol. The Hall–Kier alpha value is -1.56. The Kier molecular flexibility index (Phi) is 2.45. The molecule has 0 aliphatic heterocycles. The van der Waals surface area contributed by atoms with Gasteiger partial charge in [-0.2, -0.15) is 5.26 Å². The smallest absolute Gasteiger partial charge is 0.142 e. The lowest BCUT2D eigenvalue weighted by Gasteiger charge is -1.99. The Morgan fingerprint density at radius 2 is 2.45 bits per heavy atom. The third-order valence-corrected chi connectivity index (χ3v) is 1.22. The molecule has 1 aromatic heterocycles. The summed E-state index contributed by atoms with van der Waals surface area (Å²) in [4.78, 5) is 4.01. The van der Waals surface area contributed by atoms with Gasteiger partial charge in [0.25, 0.3) is 0 Å². The van der Waals surface area contributed by atoms with Crippen LogP contribution in [0.4, 0.5) is 5.82 Å². The molecule has 0 atom stereocenters. The van der Waals surface area contributed by atoms with Crippen LogP contribution in [0.25, 0.3) is 0 Å². The fraction of sp³-hybridized carbons (Fsp3) is 0.250. The molecule has 3 nitrogen and oxygen atoms in total. The highest BCUT2D eigenvalue weighted by Gasteiger charge is 1.92. The van der Waals surface area contributed by atoms with Crippen molar-refractivity contribution in [3.05, 3.63) is 23.9 Å². The lowest BCUT2D eigenvalue weighted by Crippen LogP contribution is -1.99. The van der Waals surface area contributed by atoms with Gasteiger partial charge in [0.15, 0.2) is 0 Å². The topological polar surface area (TPSA) is 48.7 Å². The van der Waals surface area contributed by atoms with E-state index >= 15 is 0 Å². The van der Waals surface area contributed by atoms with Crippen LogP contribution in [0.5, 0.6) is 0 Å². The largest absolute Gasteiger partial charge is 0.370 e. The summed E-state index contributed by atoms with van der Waals surface area (Å²) in [6.45, 7) is 2.81. The van der Waals surface area contributed by atoms with E-state index in [0.29, 0.717) is 5.69 Å². The van der Waals surface area contributed by atoms with Crippen LogP contribution in [-0.2, 0) is 0 Å². The maximum absolute atomic E-state index is 8.49. The Morgan fingerprint density at radius 1 is 1.64 bits per heavy atom. The minimum atomic E-state index is 0.448. The molecule has 3 heteroatoms. The summed E-state index contributed by atoms with van der Waals surface area (Å²) in [5.41, 5.74) is 0.448. The Labute approximate surface area is 65.7 Å². The van der Waals surface area contributed by atoms with Crippen LogP contribution in [0.15, 0.2) is 18.2 Å². The minimum absolute atomic E-state index is 0.448. The number of aromatic nitrogens is 1. The van der Waals surface area contributed by atoms with E-state index in [0.717, 1.165) is 12.4 Å². The van der Waals surface area contributed by atoms with Crippen LogP contribution in [0, 0.1) is 11.3 Å². The number of hydrogen-bond acceptors (Lipinski definition) is 3. The summed E-state index contributed by atoms with van der Waals surface area (Å²) in [7, 11) is 0. The first-order chi connectivity index (χ1) is 5.36. The molecule has 11 heavy (non-hydrogen) atoms. The molecule has 0 aromatic carbocycles. The summed E-state index contributed by atoms with van der Waals surface area (Å²) >= 11 is 0.